The number of benzene rings is 5. The zero-order valence-electron chi connectivity index (χ0n) is 24.1. The first kappa shape index (κ1) is 34.9. The molecule has 216 valence electrons. The van der Waals surface area contributed by atoms with Gasteiger partial charge in [-0.3, -0.25) is 0 Å². The van der Waals surface area contributed by atoms with Gasteiger partial charge in [-0.25, -0.2) is 0 Å². The third kappa shape index (κ3) is 11.9. The molecule has 0 unspecified atom stereocenters. The van der Waals surface area contributed by atoms with E-state index in [1.54, 1.807) is 0 Å². The third-order valence-electron chi connectivity index (χ3n) is 6.49. The number of phenolic OH excluding ortho intramolecular Hbond substituents is 2. The van der Waals surface area contributed by atoms with Gasteiger partial charge in [0.05, 0.1) is 4.47 Å². The zero-order chi connectivity index (χ0) is 29.5. The number of aromatic hydroxyl groups is 2. The van der Waals surface area contributed by atoms with Crippen molar-refractivity contribution in [2.45, 2.75) is 12.8 Å². The number of halogens is 1. The summed E-state index contributed by atoms with van der Waals surface area (Å²) in [6.45, 7) is 9.11. The molecule has 0 aromatic heterocycles. The maximum Gasteiger partial charge on any atom is 0.132 e. The van der Waals surface area contributed by atoms with E-state index in [1.807, 2.05) is 127 Å². The number of likely N-dealkylation sites (N-methyl/N-ethyl adjacent to an activating group) is 1. The minimum atomic E-state index is 0. The van der Waals surface area contributed by atoms with Crippen LogP contribution in [0.15, 0.2) is 132 Å². The van der Waals surface area contributed by atoms with Gasteiger partial charge in [0, 0.05) is 44.5 Å². The fourth-order valence-corrected chi connectivity index (χ4v) is 4.50. The van der Waals surface area contributed by atoms with E-state index in [-0.39, 0.29) is 25.8 Å². The molecular weight excluding hydrogens is 749 g/mol. The molecule has 0 saturated carbocycles. The van der Waals surface area contributed by atoms with Crippen LogP contribution in [0.5, 0.6) is 11.5 Å². The summed E-state index contributed by atoms with van der Waals surface area (Å²) in [6.07, 6.45) is 1.55. The Labute approximate surface area is 278 Å². The van der Waals surface area contributed by atoms with Crippen molar-refractivity contribution < 1.29 is 36.1 Å². The quantitative estimate of drug-likeness (QED) is 0.128. The molecule has 5 rings (SSSR count). The molecule has 5 heteroatoms. The molecule has 0 saturated heterocycles. The second kappa shape index (κ2) is 19.0. The average Bonchev–Trinajstić information content (AvgIpc) is 2.99. The van der Waals surface area contributed by atoms with Crippen molar-refractivity contribution in [3.63, 3.8) is 0 Å². The SMILES string of the molecule is CN(CCc1cccc(Br)c1O)CCc1cccc(-c2ccccc2)c1O.[CH2-]c1ccccc1.[CH2-]c1ccccc1.[Hf]. The van der Waals surface area contributed by atoms with Gasteiger partial charge in [0.2, 0.25) is 0 Å². The van der Waals surface area contributed by atoms with Crippen molar-refractivity contribution in [2.75, 3.05) is 20.1 Å². The molecule has 0 fully saturated rings. The topological polar surface area (TPSA) is 43.7 Å². The Kier molecular flexibility index (Phi) is 15.8. The summed E-state index contributed by atoms with van der Waals surface area (Å²) >= 11 is 3.36. The van der Waals surface area contributed by atoms with Crippen LogP contribution >= 0.6 is 15.9 Å². The molecule has 0 radical (unpaired) electrons. The van der Waals surface area contributed by atoms with E-state index in [9.17, 15) is 10.2 Å². The molecule has 5 aromatic rings. The largest absolute Gasteiger partial charge is 0.507 e. The summed E-state index contributed by atoms with van der Waals surface area (Å²) in [6, 6.07) is 41.4. The number of para-hydroxylation sites is 2. The third-order valence-corrected chi connectivity index (χ3v) is 7.13. The summed E-state index contributed by atoms with van der Waals surface area (Å²) in [4.78, 5) is 2.22. The Morgan fingerprint density at radius 1 is 0.571 bits per heavy atom. The van der Waals surface area contributed by atoms with Crippen LogP contribution in [0.1, 0.15) is 22.3 Å². The number of nitrogens with zero attached hydrogens (tertiary/aromatic N) is 1. The molecule has 0 aliphatic rings. The monoisotopic (exact) mass is 787 g/mol. The Hall–Kier alpha value is -3.25. The molecule has 0 spiro atoms. The average molecular weight is 787 g/mol. The molecule has 3 nitrogen and oxygen atoms in total. The minimum Gasteiger partial charge on any atom is -0.507 e. The normalized spacial score (nSPS) is 9.98. The predicted molar refractivity (Wildman–Crippen MR) is 176 cm³/mol. The Balaban J connectivity index is 0.000000334. The predicted octanol–water partition coefficient (Wildman–Crippen LogP) is 8.98. The van der Waals surface area contributed by atoms with Crippen LogP contribution in [0.25, 0.3) is 11.1 Å². The van der Waals surface area contributed by atoms with Crippen LogP contribution in [0.4, 0.5) is 0 Å². The van der Waals surface area contributed by atoms with E-state index in [4.69, 9.17) is 0 Å². The fourth-order valence-electron chi connectivity index (χ4n) is 4.10. The molecule has 5 aromatic carbocycles. The summed E-state index contributed by atoms with van der Waals surface area (Å²) in [5, 5.41) is 20.8. The first-order valence-corrected chi connectivity index (χ1v) is 14.4. The van der Waals surface area contributed by atoms with Crippen LogP contribution in [0, 0.1) is 13.8 Å². The van der Waals surface area contributed by atoms with Gasteiger partial charge in [-0.15, -0.1) is 24.3 Å². The number of hydrogen-bond donors (Lipinski definition) is 2. The summed E-state index contributed by atoms with van der Waals surface area (Å²) in [5.41, 5.74) is 5.92. The molecule has 0 bridgehead atoms. The molecule has 0 aliphatic carbocycles. The van der Waals surface area contributed by atoms with Crippen molar-refractivity contribution in [2.24, 2.45) is 0 Å². The van der Waals surface area contributed by atoms with Crippen LogP contribution in [-0.2, 0) is 38.7 Å². The molecule has 42 heavy (non-hydrogen) atoms. The first-order chi connectivity index (χ1) is 19.8. The van der Waals surface area contributed by atoms with Crippen LogP contribution < -0.4 is 0 Å². The van der Waals surface area contributed by atoms with Gasteiger partial charge in [-0.1, -0.05) is 72.8 Å². The Bertz CT molecular complexity index is 1410. The fraction of sp³-hybridized carbons (Fsp3) is 0.135. The van der Waals surface area contributed by atoms with Gasteiger partial charge in [-0.2, -0.15) is 49.2 Å². The minimum absolute atomic E-state index is 0. The van der Waals surface area contributed by atoms with Crippen molar-refractivity contribution in [1.29, 1.82) is 0 Å². The maximum absolute atomic E-state index is 10.7. The smallest absolute Gasteiger partial charge is 0.132 e. The standard InChI is InChI=1S/C23H24BrNO2.2C7H7.Hf/c1-25(16-14-19-10-6-12-21(24)23(19)27)15-13-18-9-5-11-20(22(18)26)17-7-3-2-4-8-17;2*1-7-5-3-2-4-6-7;/h2-12,26-27H,13-16H2,1H3;2*2-6H,1H2;/q;2*-1;. The molecule has 0 aliphatic heterocycles. The van der Waals surface area contributed by atoms with Gasteiger partial charge >= 0.3 is 0 Å². The van der Waals surface area contributed by atoms with Crippen LogP contribution in [-0.4, -0.2) is 35.3 Å². The Morgan fingerprint density at radius 3 is 1.45 bits per heavy atom. The zero-order valence-corrected chi connectivity index (χ0v) is 29.3. The first-order valence-electron chi connectivity index (χ1n) is 13.6. The second-order valence-electron chi connectivity index (χ2n) is 9.70. The van der Waals surface area contributed by atoms with Crippen molar-refractivity contribution in [1.82, 2.24) is 4.90 Å². The van der Waals surface area contributed by atoms with E-state index in [2.05, 4.69) is 41.7 Å². The second-order valence-corrected chi connectivity index (χ2v) is 10.6. The maximum atomic E-state index is 10.7. The van der Waals surface area contributed by atoms with Crippen LogP contribution in [0.3, 0.4) is 0 Å². The Morgan fingerprint density at radius 2 is 1.00 bits per heavy atom. The van der Waals surface area contributed by atoms with E-state index in [1.165, 1.54) is 0 Å². The van der Waals surface area contributed by atoms with Crippen LogP contribution in [0.2, 0.25) is 0 Å². The summed E-state index contributed by atoms with van der Waals surface area (Å²) in [7, 11) is 2.06. The van der Waals surface area contributed by atoms with Gasteiger partial charge in [0.25, 0.3) is 0 Å². The summed E-state index contributed by atoms with van der Waals surface area (Å²) in [5.74, 6) is 0.681. The van der Waals surface area contributed by atoms with E-state index in [0.717, 1.165) is 63.8 Å². The van der Waals surface area contributed by atoms with Crippen molar-refractivity contribution in [3.05, 3.63) is 168 Å². The molecular formula is C37H38BrHfNO2-2. The molecule has 2 N–H and O–H groups in total. The van der Waals surface area contributed by atoms with Gasteiger partial charge in [-0.05, 0) is 58.6 Å². The van der Waals surface area contributed by atoms with Crippen molar-refractivity contribution in [3.8, 4) is 22.6 Å². The summed E-state index contributed by atoms with van der Waals surface area (Å²) < 4.78 is 0.727. The van der Waals surface area contributed by atoms with Gasteiger partial charge in [0.15, 0.2) is 0 Å². The van der Waals surface area contributed by atoms with Gasteiger partial charge in [0.1, 0.15) is 11.5 Å². The van der Waals surface area contributed by atoms with E-state index >= 15 is 0 Å². The number of phenols is 2. The van der Waals surface area contributed by atoms with Gasteiger partial charge < -0.3 is 15.1 Å². The molecule has 0 heterocycles. The number of rotatable bonds is 7. The van der Waals surface area contributed by atoms with E-state index < -0.39 is 0 Å². The number of hydrogen-bond acceptors (Lipinski definition) is 3. The van der Waals surface area contributed by atoms with Crippen molar-refractivity contribution >= 4 is 15.9 Å². The molecule has 0 amide bonds. The van der Waals surface area contributed by atoms with E-state index in [0.29, 0.717) is 11.5 Å². The molecule has 0 atom stereocenters.